The van der Waals surface area contributed by atoms with Gasteiger partial charge < -0.3 is 23.7 Å². The molecule has 0 unspecified atom stereocenters. The molecule has 0 saturated carbocycles. The van der Waals surface area contributed by atoms with Gasteiger partial charge in [0.25, 0.3) is 0 Å². The molecule has 0 heterocycles. The maximum absolute atomic E-state index is 12.5. The van der Waals surface area contributed by atoms with Crippen LogP contribution in [0.15, 0.2) is 34.9 Å². The molecule has 0 radical (unpaired) electrons. The monoisotopic (exact) mass is 452 g/mol. The van der Waals surface area contributed by atoms with Crippen LogP contribution in [0.25, 0.3) is 0 Å². The van der Waals surface area contributed by atoms with Crippen molar-refractivity contribution in [3.05, 3.63) is 34.9 Å². The van der Waals surface area contributed by atoms with Gasteiger partial charge >= 0.3 is 11.9 Å². The number of hydrogen-bond acceptors (Lipinski definition) is 7. The number of hydrogen-bond donors (Lipinski definition) is 0. The van der Waals surface area contributed by atoms with E-state index in [-0.39, 0.29) is 43.0 Å². The minimum Gasteiger partial charge on any atom is -0.466 e. The lowest BCUT2D eigenvalue weighted by Crippen LogP contribution is -2.39. The highest BCUT2D eigenvalue weighted by Crippen LogP contribution is 2.47. The Bertz CT molecular complexity index is 707. The second kappa shape index (κ2) is 14.2. The van der Waals surface area contributed by atoms with Crippen molar-refractivity contribution < 1.29 is 33.3 Å². The standard InChI is InChI=1S/C25H40O7/c1-18(9-8-10-19(2)13-23(26)32-17-29-6)11-12-25(4)20(3)14-21(31-16-28-5)15-22(25)24(27)30-7/h9,13,15,20-21H,8,10-12,14,16-17H2,1-7H3/b18-9+,19-13+/t20-,21+,25-/m1/s1. The number of esters is 2. The van der Waals surface area contributed by atoms with Gasteiger partial charge in [0.05, 0.1) is 13.2 Å². The van der Waals surface area contributed by atoms with Gasteiger partial charge in [0.15, 0.2) is 6.79 Å². The summed E-state index contributed by atoms with van der Waals surface area (Å²) in [7, 11) is 4.48. The summed E-state index contributed by atoms with van der Waals surface area (Å²) in [5.41, 5.74) is 2.60. The third kappa shape index (κ3) is 8.88. The maximum Gasteiger partial charge on any atom is 0.334 e. The van der Waals surface area contributed by atoms with E-state index in [2.05, 4.69) is 26.8 Å². The van der Waals surface area contributed by atoms with Crippen LogP contribution in [0.4, 0.5) is 0 Å². The summed E-state index contributed by atoms with van der Waals surface area (Å²) in [4.78, 5) is 24.1. The van der Waals surface area contributed by atoms with Crippen LogP contribution >= 0.6 is 0 Å². The molecule has 0 aromatic carbocycles. The molecular formula is C25H40O7. The Kier molecular flexibility index (Phi) is 12.5. The van der Waals surface area contributed by atoms with Crippen molar-refractivity contribution in [3.63, 3.8) is 0 Å². The van der Waals surface area contributed by atoms with Crippen molar-refractivity contribution >= 4 is 11.9 Å². The average molecular weight is 453 g/mol. The zero-order valence-electron chi connectivity index (χ0n) is 20.7. The molecule has 1 rings (SSSR count). The molecule has 3 atom stereocenters. The summed E-state index contributed by atoms with van der Waals surface area (Å²) in [6.07, 6.45) is 9.60. The van der Waals surface area contributed by atoms with E-state index in [4.69, 9.17) is 23.7 Å². The molecule has 0 aromatic rings. The zero-order chi connectivity index (χ0) is 24.1. The normalized spacial score (nSPS) is 24.2. The van der Waals surface area contributed by atoms with Gasteiger partial charge in [-0.2, -0.15) is 0 Å². The molecule has 0 N–H and O–H groups in total. The van der Waals surface area contributed by atoms with E-state index in [1.54, 1.807) is 7.11 Å². The third-order valence-corrected chi connectivity index (χ3v) is 6.20. The number of allylic oxidation sites excluding steroid dienone is 3. The van der Waals surface area contributed by atoms with Crippen molar-refractivity contribution in [2.45, 2.75) is 65.9 Å². The Labute approximate surface area is 192 Å². The first kappa shape index (κ1) is 28.1. The SMILES string of the molecule is COCOC(=O)/C=C(\C)CC/C=C(\C)CC[C@@]1(C)C(C(=O)OC)=C[C@@H](OCOC)C[C@H]1C. The first-order valence-electron chi connectivity index (χ1n) is 11.1. The lowest BCUT2D eigenvalue weighted by atomic mass is 9.63. The van der Waals surface area contributed by atoms with E-state index < -0.39 is 0 Å². The topological polar surface area (TPSA) is 80.3 Å². The predicted molar refractivity (Wildman–Crippen MR) is 123 cm³/mol. The maximum atomic E-state index is 12.5. The number of ether oxygens (including phenoxy) is 5. The molecule has 32 heavy (non-hydrogen) atoms. The number of methoxy groups -OCH3 is 3. The number of carbonyl (C=O) groups is 2. The van der Waals surface area contributed by atoms with Crippen LogP contribution in [0.5, 0.6) is 0 Å². The van der Waals surface area contributed by atoms with E-state index in [0.29, 0.717) is 5.57 Å². The van der Waals surface area contributed by atoms with Crippen molar-refractivity contribution in [2.24, 2.45) is 11.3 Å². The highest BCUT2D eigenvalue weighted by molar-refractivity contribution is 5.90. The molecule has 1 aliphatic rings. The van der Waals surface area contributed by atoms with Crippen LogP contribution in [-0.4, -0.2) is 53.0 Å². The van der Waals surface area contributed by atoms with E-state index >= 15 is 0 Å². The fraction of sp³-hybridized carbons (Fsp3) is 0.680. The van der Waals surface area contributed by atoms with Gasteiger partial charge in [-0.1, -0.05) is 31.1 Å². The Morgan fingerprint density at radius 3 is 2.41 bits per heavy atom. The predicted octanol–water partition coefficient (Wildman–Crippen LogP) is 4.72. The van der Waals surface area contributed by atoms with Crippen LogP contribution in [0.3, 0.4) is 0 Å². The van der Waals surface area contributed by atoms with Gasteiger partial charge in [-0.3, -0.25) is 0 Å². The molecule has 0 aromatic heterocycles. The van der Waals surface area contributed by atoms with Gasteiger partial charge in [0, 0.05) is 31.3 Å². The van der Waals surface area contributed by atoms with Crippen molar-refractivity contribution in [2.75, 3.05) is 34.9 Å². The summed E-state index contributed by atoms with van der Waals surface area (Å²) in [5, 5.41) is 0. The van der Waals surface area contributed by atoms with Gasteiger partial charge in [-0.15, -0.1) is 0 Å². The average Bonchev–Trinajstić information content (AvgIpc) is 2.76. The number of carbonyl (C=O) groups excluding carboxylic acids is 2. The van der Waals surface area contributed by atoms with Crippen LogP contribution in [-0.2, 0) is 33.3 Å². The molecule has 0 amide bonds. The second-order valence-electron chi connectivity index (χ2n) is 8.69. The molecule has 7 nitrogen and oxygen atoms in total. The summed E-state index contributed by atoms with van der Waals surface area (Å²) >= 11 is 0. The van der Waals surface area contributed by atoms with E-state index in [0.717, 1.165) is 37.7 Å². The smallest absolute Gasteiger partial charge is 0.334 e. The van der Waals surface area contributed by atoms with Crippen molar-refractivity contribution in [1.82, 2.24) is 0 Å². The molecule has 0 fully saturated rings. The second-order valence-corrected chi connectivity index (χ2v) is 8.69. The minimum atomic E-state index is -0.390. The van der Waals surface area contributed by atoms with Crippen LogP contribution in [0, 0.1) is 11.3 Å². The van der Waals surface area contributed by atoms with E-state index in [1.165, 1.54) is 25.9 Å². The van der Waals surface area contributed by atoms with Gasteiger partial charge in [0.2, 0.25) is 0 Å². The fourth-order valence-corrected chi connectivity index (χ4v) is 3.92. The third-order valence-electron chi connectivity index (χ3n) is 6.20. The Morgan fingerprint density at radius 2 is 1.78 bits per heavy atom. The summed E-state index contributed by atoms with van der Waals surface area (Å²) in [6.45, 7) is 8.47. The van der Waals surface area contributed by atoms with E-state index in [9.17, 15) is 9.59 Å². The Balaban J connectivity index is 2.74. The lowest BCUT2D eigenvalue weighted by Gasteiger charge is -2.42. The molecule has 0 spiro atoms. The van der Waals surface area contributed by atoms with Gasteiger partial charge in [0.1, 0.15) is 6.79 Å². The largest absolute Gasteiger partial charge is 0.466 e. The molecule has 0 bridgehead atoms. The first-order valence-corrected chi connectivity index (χ1v) is 11.1. The first-order chi connectivity index (χ1) is 15.2. The van der Waals surface area contributed by atoms with Gasteiger partial charge in [-0.05, 0) is 57.9 Å². The highest BCUT2D eigenvalue weighted by atomic mass is 16.7. The van der Waals surface area contributed by atoms with E-state index in [1.807, 2.05) is 13.0 Å². The van der Waals surface area contributed by atoms with Crippen LogP contribution < -0.4 is 0 Å². The zero-order valence-corrected chi connectivity index (χ0v) is 20.7. The molecular weight excluding hydrogens is 412 g/mol. The molecule has 0 saturated heterocycles. The molecule has 1 aliphatic carbocycles. The minimum absolute atomic E-state index is 0.0416. The van der Waals surface area contributed by atoms with Crippen molar-refractivity contribution in [3.8, 4) is 0 Å². The summed E-state index contributed by atoms with van der Waals surface area (Å²) in [5.74, 6) is -0.438. The highest BCUT2D eigenvalue weighted by Gasteiger charge is 2.43. The van der Waals surface area contributed by atoms with Crippen LogP contribution in [0.1, 0.15) is 59.8 Å². The Hall–Kier alpha value is -1.96. The summed E-state index contributed by atoms with van der Waals surface area (Å²) in [6, 6.07) is 0. The fourth-order valence-electron chi connectivity index (χ4n) is 3.92. The quantitative estimate of drug-likeness (QED) is 0.173. The van der Waals surface area contributed by atoms with Gasteiger partial charge in [-0.25, -0.2) is 9.59 Å². The van der Waals surface area contributed by atoms with Crippen molar-refractivity contribution in [1.29, 1.82) is 0 Å². The lowest BCUT2D eigenvalue weighted by molar-refractivity contribution is -0.148. The number of rotatable bonds is 13. The summed E-state index contributed by atoms with van der Waals surface area (Å²) < 4.78 is 25.4. The molecule has 182 valence electrons. The Morgan fingerprint density at radius 1 is 1.09 bits per heavy atom. The molecule has 7 heteroatoms. The van der Waals surface area contributed by atoms with Crippen LogP contribution in [0.2, 0.25) is 0 Å². The molecule has 0 aliphatic heterocycles.